The summed E-state index contributed by atoms with van der Waals surface area (Å²) >= 11 is 0. The van der Waals surface area contributed by atoms with Gasteiger partial charge in [-0.05, 0) is 19.1 Å². The first-order valence-electron chi connectivity index (χ1n) is 4.70. The van der Waals surface area contributed by atoms with Gasteiger partial charge >= 0.3 is 11.8 Å². The van der Waals surface area contributed by atoms with Crippen LogP contribution in [0.3, 0.4) is 0 Å². The van der Waals surface area contributed by atoms with Crippen LogP contribution in [0.25, 0.3) is 0 Å². The van der Waals surface area contributed by atoms with Gasteiger partial charge in [-0.2, -0.15) is 0 Å². The van der Waals surface area contributed by atoms with Crippen LogP contribution in [0.2, 0.25) is 0 Å². The van der Waals surface area contributed by atoms with Gasteiger partial charge < -0.3 is 10.6 Å². The van der Waals surface area contributed by atoms with Gasteiger partial charge in [0.15, 0.2) is 17.5 Å². The first kappa shape index (κ1) is 13.0. The highest BCUT2D eigenvalue weighted by atomic mass is 19.2. The molecule has 0 saturated heterocycles. The molecule has 0 spiro atoms. The molecule has 0 heterocycles. The highest BCUT2D eigenvalue weighted by Crippen LogP contribution is 2.19. The number of anilines is 1. The zero-order valence-electron chi connectivity index (χ0n) is 8.81. The molecule has 2 N–H and O–H groups in total. The van der Waals surface area contributed by atoms with Crippen molar-refractivity contribution in [3.8, 4) is 0 Å². The van der Waals surface area contributed by atoms with Crippen LogP contribution in [0.1, 0.15) is 6.92 Å². The average molecular weight is 246 g/mol. The molecule has 2 amide bonds. The summed E-state index contributed by atoms with van der Waals surface area (Å²) in [6.45, 7) is 1.80. The lowest BCUT2D eigenvalue weighted by Crippen LogP contribution is -2.35. The van der Waals surface area contributed by atoms with E-state index in [1.165, 1.54) is 0 Å². The maximum Gasteiger partial charge on any atom is 0.313 e. The number of benzene rings is 1. The van der Waals surface area contributed by atoms with Crippen molar-refractivity contribution in [1.29, 1.82) is 0 Å². The highest BCUT2D eigenvalue weighted by Gasteiger charge is 2.18. The Hall–Kier alpha value is -2.05. The molecule has 0 aliphatic rings. The van der Waals surface area contributed by atoms with Crippen LogP contribution in [0.4, 0.5) is 18.9 Å². The third-order valence-electron chi connectivity index (χ3n) is 1.83. The summed E-state index contributed by atoms with van der Waals surface area (Å²) in [5.41, 5.74) is -0.597. The standard InChI is InChI=1S/C10H9F3N2O2/c1-2-14-9(16)10(17)15-6-4-3-5(11)7(12)8(6)13/h3-4H,2H2,1H3,(H,14,16)(H,15,17). The Morgan fingerprint density at radius 2 is 1.76 bits per heavy atom. The fraction of sp³-hybridized carbons (Fsp3) is 0.200. The molecule has 92 valence electrons. The SMILES string of the molecule is CCNC(=O)C(=O)Nc1ccc(F)c(F)c1F. The molecule has 0 aliphatic heterocycles. The van der Waals surface area contributed by atoms with Crippen LogP contribution in [0.5, 0.6) is 0 Å². The van der Waals surface area contributed by atoms with Crippen LogP contribution in [-0.2, 0) is 9.59 Å². The summed E-state index contributed by atoms with van der Waals surface area (Å²) in [6.07, 6.45) is 0. The fourth-order valence-corrected chi connectivity index (χ4v) is 1.04. The predicted molar refractivity (Wildman–Crippen MR) is 53.6 cm³/mol. The van der Waals surface area contributed by atoms with Gasteiger partial charge in [-0.1, -0.05) is 0 Å². The minimum atomic E-state index is -1.71. The topological polar surface area (TPSA) is 58.2 Å². The summed E-state index contributed by atoms with van der Waals surface area (Å²) < 4.78 is 38.5. The quantitative estimate of drug-likeness (QED) is 0.608. The molecule has 7 heteroatoms. The largest absolute Gasteiger partial charge is 0.348 e. The van der Waals surface area contributed by atoms with E-state index in [0.717, 1.165) is 6.07 Å². The number of carbonyl (C=O) groups excluding carboxylic acids is 2. The van der Waals surface area contributed by atoms with E-state index in [0.29, 0.717) is 6.07 Å². The molecule has 0 bridgehead atoms. The molecular formula is C10H9F3N2O2. The lowest BCUT2D eigenvalue weighted by molar-refractivity contribution is -0.136. The van der Waals surface area contributed by atoms with E-state index in [1.54, 1.807) is 6.92 Å². The van der Waals surface area contributed by atoms with E-state index in [1.807, 2.05) is 5.32 Å². The number of hydrogen-bond acceptors (Lipinski definition) is 2. The van der Waals surface area contributed by atoms with Crippen molar-refractivity contribution >= 4 is 17.5 Å². The van der Waals surface area contributed by atoms with Gasteiger partial charge in [0, 0.05) is 6.54 Å². The Morgan fingerprint density at radius 3 is 2.35 bits per heavy atom. The van der Waals surface area contributed by atoms with Crippen LogP contribution < -0.4 is 10.6 Å². The summed E-state index contributed by atoms with van der Waals surface area (Å²) in [7, 11) is 0. The Bertz CT molecular complexity index is 463. The number of halogens is 3. The molecule has 1 aromatic carbocycles. The van der Waals surface area contributed by atoms with E-state index < -0.39 is 35.0 Å². The predicted octanol–water partition coefficient (Wildman–Crippen LogP) is 1.18. The van der Waals surface area contributed by atoms with Gasteiger partial charge in [-0.15, -0.1) is 0 Å². The van der Waals surface area contributed by atoms with E-state index in [9.17, 15) is 22.8 Å². The third-order valence-corrected chi connectivity index (χ3v) is 1.83. The Morgan fingerprint density at radius 1 is 1.12 bits per heavy atom. The van der Waals surface area contributed by atoms with E-state index in [4.69, 9.17) is 0 Å². The summed E-state index contributed by atoms with van der Waals surface area (Å²) in [6, 6.07) is 1.47. The summed E-state index contributed by atoms with van der Waals surface area (Å²) in [4.78, 5) is 22.1. The number of hydrogen-bond donors (Lipinski definition) is 2. The Labute approximate surface area is 94.8 Å². The number of nitrogens with one attached hydrogen (secondary N) is 2. The van der Waals surface area contributed by atoms with Gasteiger partial charge in [-0.3, -0.25) is 9.59 Å². The first-order valence-corrected chi connectivity index (χ1v) is 4.70. The summed E-state index contributed by atoms with van der Waals surface area (Å²) in [5.74, 6) is -6.78. The first-order chi connectivity index (χ1) is 7.97. The summed E-state index contributed by atoms with van der Waals surface area (Å²) in [5, 5.41) is 4.00. The molecule has 17 heavy (non-hydrogen) atoms. The maximum atomic E-state index is 13.1. The smallest absolute Gasteiger partial charge is 0.313 e. The second-order valence-corrected chi connectivity index (χ2v) is 3.04. The fourth-order valence-electron chi connectivity index (χ4n) is 1.04. The van der Waals surface area contributed by atoms with Crippen molar-refractivity contribution in [2.24, 2.45) is 0 Å². The lowest BCUT2D eigenvalue weighted by atomic mass is 10.2. The molecule has 0 fully saturated rings. The van der Waals surface area contributed by atoms with Crippen molar-refractivity contribution in [3.05, 3.63) is 29.6 Å². The van der Waals surface area contributed by atoms with Crippen molar-refractivity contribution in [3.63, 3.8) is 0 Å². The lowest BCUT2D eigenvalue weighted by Gasteiger charge is -2.06. The Balaban J connectivity index is 2.86. The molecule has 0 saturated carbocycles. The van der Waals surface area contributed by atoms with E-state index in [-0.39, 0.29) is 6.54 Å². The minimum absolute atomic E-state index is 0.215. The van der Waals surface area contributed by atoms with Gasteiger partial charge in [0.2, 0.25) is 0 Å². The van der Waals surface area contributed by atoms with Crippen LogP contribution in [0.15, 0.2) is 12.1 Å². The number of likely N-dealkylation sites (N-methyl/N-ethyl adjacent to an activating group) is 1. The third kappa shape index (κ3) is 2.96. The molecule has 1 aromatic rings. The number of rotatable bonds is 2. The highest BCUT2D eigenvalue weighted by molar-refractivity contribution is 6.39. The molecule has 4 nitrogen and oxygen atoms in total. The molecule has 0 aliphatic carbocycles. The molecule has 0 aromatic heterocycles. The van der Waals surface area contributed by atoms with Crippen molar-refractivity contribution in [1.82, 2.24) is 5.32 Å². The van der Waals surface area contributed by atoms with Crippen LogP contribution in [0, 0.1) is 17.5 Å². The zero-order chi connectivity index (χ0) is 13.0. The van der Waals surface area contributed by atoms with E-state index in [2.05, 4.69) is 5.32 Å². The molecule has 0 atom stereocenters. The van der Waals surface area contributed by atoms with Gasteiger partial charge in [0.25, 0.3) is 0 Å². The number of carbonyl (C=O) groups is 2. The molecule has 0 radical (unpaired) electrons. The van der Waals surface area contributed by atoms with Gasteiger partial charge in [0.1, 0.15) is 0 Å². The van der Waals surface area contributed by atoms with Crippen molar-refractivity contribution < 1.29 is 22.8 Å². The van der Waals surface area contributed by atoms with Gasteiger partial charge in [-0.25, -0.2) is 13.2 Å². The van der Waals surface area contributed by atoms with E-state index >= 15 is 0 Å². The van der Waals surface area contributed by atoms with Gasteiger partial charge in [0.05, 0.1) is 5.69 Å². The average Bonchev–Trinajstić information content (AvgIpc) is 2.30. The second-order valence-electron chi connectivity index (χ2n) is 3.04. The zero-order valence-corrected chi connectivity index (χ0v) is 8.81. The van der Waals surface area contributed by atoms with Crippen molar-refractivity contribution in [2.45, 2.75) is 6.92 Å². The Kier molecular flexibility index (Phi) is 4.08. The van der Waals surface area contributed by atoms with Crippen LogP contribution >= 0.6 is 0 Å². The second kappa shape index (κ2) is 5.33. The monoisotopic (exact) mass is 246 g/mol. The number of amides is 2. The maximum absolute atomic E-state index is 13.1. The molecule has 1 rings (SSSR count). The minimum Gasteiger partial charge on any atom is -0.348 e. The van der Waals surface area contributed by atoms with Crippen LogP contribution in [-0.4, -0.2) is 18.4 Å². The molecule has 0 unspecified atom stereocenters. The van der Waals surface area contributed by atoms with Crippen molar-refractivity contribution in [2.75, 3.05) is 11.9 Å². The molecular weight excluding hydrogens is 237 g/mol. The normalized spacial score (nSPS) is 9.88.